The lowest BCUT2D eigenvalue weighted by Crippen LogP contribution is -2.24. The number of pyridine rings is 1. The normalized spacial score (nSPS) is 18.7. The minimum Gasteiger partial charge on any atom is -0.469 e. The molecular formula is C12H15N3O2S. The van der Waals surface area contributed by atoms with E-state index in [1.54, 1.807) is 6.20 Å². The summed E-state index contributed by atoms with van der Waals surface area (Å²) in [5.41, 5.74) is 7.14. The minimum absolute atomic E-state index is 0.0588. The molecule has 0 aromatic carbocycles. The van der Waals surface area contributed by atoms with Crippen molar-refractivity contribution in [1.82, 2.24) is 4.98 Å². The standard InChI is InChI=1S/C12H15N3O2S/c1-17-12(16)8-3-5-15(7-8)9-2-4-14-10(6-9)11(13)18/h2,4,6,8H,3,5,7H2,1H3,(H2,13,18). The zero-order chi connectivity index (χ0) is 13.1. The highest BCUT2D eigenvalue weighted by molar-refractivity contribution is 7.80. The summed E-state index contributed by atoms with van der Waals surface area (Å²) in [5.74, 6) is -0.211. The number of rotatable bonds is 3. The predicted octanol–water partition coefficient (Wildman–Crippen LogP) is 0.715. The van der Waals surface area contributed by atoms with E-state index in [-0.39, 0.29) is 16.9 Å². The molecule has 0 radical (unpaired) electrons. The van der Waals surface area contributed by atoms with Crippen molar-refractivity contribution in [1.29, 1.82) is 0 Å². The number of carbonyl (C=O) groups excluding carboxylic acids is 1. The molecule has 0 saturated carbocycles. The van der Waals surface area contributed by atoms with Crippen LogP contribution in [0.4, 0.5) is 5.69 Å². The van der Waals surface area contributed by atoms with Gasteiger partial charge in [0.1, 0.15) is 4.99 Å². The Morgan fingerprint density at radius 1 is 1.67 bits per heavy atom. The van der Waals surface area contributed by atoms with E-state index < -0.39 is 0 Å². The molecule has 0 aliphatic carbocycles. The maximum atomic E-state index is 11.5. The Bertz CT molecular complexity index is 478. The molecule has 2 N–H and O–H groups in total. The Morgan fingerprint density at radius 3 is 3.11 bits per heavy atom. The second kappa shape index (κ2) is 5.30. The number of aromatic nitrogens is 1. The fraction of sp³-hybridized carbons (Fsp3) is 0.417. The van der Waals surface area contributed by atoms with E-state index in [1.165, 1.54) is 7.11 Å². The molecular weight excluding hydrogens is 250 g/mol. The Kier molecular flexibility index (Phi) is 3.76. The van der Waals surface area contributed by atoms with E-state index in [0.717, 1.165) is 18.7 Å². The number of hydrogen-bond donors (Lipinski definition) is 1. The van der Waals surface area contributed by atoms with Crippen LogP contribution >= 0.6 is 12.2 Å². The van der Waals surface area contributed by atoms with Crippen LogP contribution in [0.1, 0.15) is 12.1 Å². The first-order valence-electron chi connectivity index (χ1n) is 5.70. The van der Waals surface area contributed by atoms with E-state index in [2.05, 4.69) is 9.88 Å². The fourth-order valence-corrected chi connectivity index (χ4v) is 2.22. The Balaban J connectivity index is 2.12. The quantitative estimate of drug-likeness (QED) is 0.641. The lowest BCUT2D eigenvalue weighted by molar-refractivity contribution is -0.144. The van der Waals surface area contributed by atoms with Gasteiger partial charge in [0.2, 0.25) is 0 Å². The second-order valence-corrected chi connectivity index (χ2v) is 4.66. The topological polar surface area (TPSA) is 68.5 Å². The maximum Gasteiger partial charge on any atom is 0.310 e. The van der Waals surface area contributed by atoms with E-state index in [1.807, 2.05) is 12.1 Å². The number of carbonyl (C=O) groups is 1. The first kappa shape index (κ1) is 12.8. The third-order valence-electron chi connectivity index (χ3n) is 3.08. The molecule has 2 rings (SSSR count). The van der Waals surface area contributed by atoms with Gasteiger partial charge in [-0.3, -0.25) is 9.78 Å². The first-order valence-corrected chi connectivity index (χ1v) is 6.11. The van der Waals surface area contributed by atoms with Crippen molar-refractivity contribution in [2.24, 2.45) is 11.7 Å². The highest BCUT2D eigenvalue weighted by Crippen LogP contribution is 2.24. The van der Waals surface area contributed by atoms with Crippen LogP contribution in [0.5, 0.6) is 0 Å². The van der Waals surface area contributed by atoms with Crippen LogP contribution in [0, 0.1) is 5.92 Å². The molecule has 0 spiro atoms. The van der Waals surface area contributed by atoms with Gasteiger partial charge in [0.05, 0.1) is 18.7 Å². The molecule has 1 atom stereocenters. The lowest BCUT2D eigenvalue weighted by atomic mass is 10.1. The number of methoxy groups -OCH3 is 1. The number of hydrogen-bond acceptors (Lipinski definition) is 5. The third kappa shape index (κ3) is 2.59. The van der Waals surface area contributed by atoms with Gasteiger partial charge in [-0.2, -0.15) is 0 Å². The number of ether oxygens (including phenoxy) is 1. The first-order chi connectivity index (χ1) is 8.61. The number of thiocarbonyl (C=S) groups is 1. The summed E-state index contributed by atoms with van der Waals surface area (Å²) in [4.78, 5) is 18.0. The Morgan fingerprint density at radius 2 is 2.44 bits per heavy atom. The lowest BCUT2D eigenvalue weighted by Gasteiger charge is -2.18. The van der Waals surface area contributed by atoms with Crippen LogP contribution < -0.4 is 10.6 Å². The summed E-state index contributed by atoms with van der Waals surface area (Å²) in [6, 6.07) is 3.74. The average molecular weight is 265 g/mol. The van der Waals surface area contributed by atoms with Gasteiger partial charge in [-0.25, -0.2) is 0 Å². The average Bonchev–Trinajstić information content (AvgIpc) is 2.87. The van der Waals surface area contributed by atoms with Gasteiger partial charge in [-0.15, -0.1) is 0 Å². The second-order valence-electron chi connectivity index (χ2n) is 4.22. The molecule has 1 aromatic heterocycles. The van der Waals surface area contributed by atoms with Gasteiger partial charge in [-0.05, 0) is 18.6 Å². The molecule has 6 heteroatoms. The number of esters is 1. The van der Waals surface area contributed by atoms with Crippen LogP contribution in [0.2, 0.25) is 0 Å². The van der Waals surface area contributed by atoms with Crippen molar-refractivity contribution in [2.45, 2.75) is 6.42 Å². The van der Waals surface area contributed by atoms with Gasteiger partial charge in [0, 0.05) is 25.0 Å². The van der Waals surface area contributed by atoms with Gasteiger partial charge in [-0.1, -0.05) is 12.2 Å². The number of nitrogens with zero attached hydrogens (tertiary/aromatic N) is 2. The summed E-state index contributed by atoms with van der Waals surface area (Å²) >= 11 is 4.90. The van der Waals surface area contributed by atoms with Crippen molar-refractivity contribution in [2.75, 3.05) is 25.1 Å². The smallest absolute Gasteiger partial charge is 0.310 e. The summed E-state index contributed by atoms with van der Waals surface area (Å²) in [6.07, 6.45) is 2.48. The molecule has 1 fully saturated rings. The molecule has 1 aliphatic rings. The molecule has 2 heterocycles. The fourth-order valence-electron chi connectivity index (χ4n) is 2.10. The Labute approximate surface area is 111 Å². The molecule has 96 valence electrons. The molecule has 0 amide bonds. The van der Waals surface area contributed by atoms with Crippen molar-refractivity contribution in [3.05, 3.63) is 24.0 Å². The van der Waals surface area contributed by atoms with Crippen LogP contribution in [-0.2, 0) is 9.53 Å². The molecule has 18 heavy (non-hydrogen) atoms. The van der Waals surface area contributed by atoms with Crippen molar-refractivity contribution in [3.8, 4) is 0 Å². The van der Waals surface area contributed by atoms with Gasteiger partial charge in [0.15, 0.2) is 0 Å². The van der Waals surface area contributed by atoms with Gasteiger partial charge >= 0.3 is 5.97 Å². The molecule has 5 nitrogen and oxygen atoms in total. The Hall–Kier alpha value is -1.69. The largest absolute Gasteiger partial charge is 0.469 e. The monoisotopic (exact) mass is 265 g/mol. The van der Waals surface area contributed by atoms with Crippen molar-refractivity contribution in [3.63, 3.8) is 0 Å². The molecule has 0 bridgehead atoms. The van der Waals surface area contributed by atoms with Gasteiger partial charge in [0.25, 0.3) is 0 Å². The van der Waals surface area contributed by atoms with Crippen LogP contribution in [0.3, 0.4) is 0 Å². The van der Waals surface area contributed by atoms with E-state index in [4.69, 9.17) is 22.7 Å². The van der Waals surface area contributed by atoms with Gasteiger partial charge < -0.3 is 15.4 Å². The van der Waals surface area contributed by atoms with E-state index in [9.17, 15) is 4.79 Å². The molecule has 1 unspecified atom stereocenters. The molecule has 1 aliphatic heterocycles. The highest BCUT2D eigenvalue weighted by Gasteiger charge is 2.29. The van der Waals surface area contributed by atoms with E-state index in [0.29, 0.717) is 12.2 Å². The highest BCUT2D eigenvalue weighted by atomic mass is 32.1. The summed E-state index contributed by atoms with van der Waals surface area (Å²) in [6.45, 7) is 1.48. The maximum absolute atomic E-state index is 11.5. The number of anilines is 1. The minimum atomic E-state index is -0.152. The summed E-state index contributed by atoms with van der Waals surface area (Å²) in [5, 5.41) is 0. The predicted molar refractivity (Wildman–Crippen MR) is 72.5 cm³/mol. The van der Waals surface area contributed by atoms with Crippen LogP contribution in [0.25, 0.3) is 0 Å². The SMILES string of the molecule is COC(=O)C1CCN(c2ccnc(C(N)=S)c2)C1. The van der Waals surface area contributed by atoms with Crippen molar-refractivity contribution < 1.29 is 9.53 Å². The third-order valence-corrected chi connectivity index (χ3v) is 3.29. The molecule has 1 aromatic rings. The zero-order valence-corrected chi connectivity index (χ0v) is 10.9. The van der Waals surface area contributed by atoms with Crippen molar-refractivity contribution >= 4 is 28.9 Å². The summed E-state index contributed by atoms with van der Waals surface area (Å²) in [7, 11) is 1.42. The van der Waals surface area contributed by atoms with Crippen LogP contribution in [0.15, 0.2) is 18.3 Å². The number of nitrogens with two attached hydrogens (primary N) is 1. The zero-order valence-electron chi connectivity index (χ0n) is 10.1. The molecule has 1 saturated heterocycles. The summed E-state index contributed by atoms with van der Waals surface area (Å²) < 4.78 is 4.76. The van der Waals surface area contributed by atoms with E-state index >= 15 is 0 Å². The van der Waals surface area contributed by atoms with Crippen LogP contribution in [-0.4, -0.2) is 36.1 Å².